The second kappa shape index (κ2) is 7.65. The van der Waals surface area contributed by atoms with Crippen molar-refractivity contribution < 1.29 is 22.7 Å². The van der Waals surface area contributed by atoms with Gasteiger partial charge in [0, 0.05) is 24.1 Å². The van der Waals surface area contributed by atoms with E-state index in [2.05, 4.69) is 26.0 Å². The SMILES string of the molecule is COC(=O)c1ccsc1NC(=O)c1ccc(Br)c(S(=O)(=O)N(C)C)c1. The molecule has 0 aliphatic rings. The Labute approximate surface area is 157 Å². The first-order valence-electron chi connectivity index (χ1n) is 6.87. The molecule has 0 bridgehead atoms. The molecule has 0 spiro atoms. The van der Waals surface area contributed by atoms with Crippen LogP contribution in [-0.2, 0) is 14.8 Å². The van der Waals surface area contributed by atoms with Gasteiger partial charge < -0.3 is 10.1 Å². The van der Waals surface area contributed by atoms with Crippen molar-refractivity contribution in [2.45, 2.75) is 4.90 Å². The van der Waals surface area contributed by atoms with E-state index in [0.29, 0.717) is 9.47 Å². The van der Waals surface area contributed by atoms with Crippen LogP contribution in [0.15, 0.2) is 39.0 Å². The minimum Gasteiger partial charge on any atom is -0.465 e. The van der Waals surface area contributed by atoms with E-state index in [0.717, 1.165) is 4.31 Å². The lowest BCUT2D eigenvalue weighted by Crippen LogP contribution is -2.23. The van der Waals surface area contributed by atoms with Crippen molar-refractivity contribution in [1.29, 1.82) is 0 Å². The molecule has 0 fully saturated rings. The highest BCUT2D eigenvalue weighted by Crippen LogP contribution is 2.27. The highest BCUT2D eigenvalue weighted by molar-refractivity contribution is 9.10. The molecule has 1 heterocycles. The van der Waals surface area contributed by atoms with Crippen LogP contribution in [0.25, 0.3) is 0 Å². The molecule has 0 saturated heterocycles. The zero-order valence-corrected chi connectivity index (χ0v) is 16.8. The standard InChI is InChI=1S/C15H15BrN2O5S2/c1-18(2)25(21,22)12-8-9(4-5-11(12)16)13(19)17-14-10(6-7-24-14)15(20)23-3/h4-8H,1-3H3,(H,17,19). The van der Waals surface area contributed by atoms with Gasteiger partial charge >= 0.3 is 5.97 Å². The second-order valence-corrected chi connectivity index (χ2v) is 8.93. The third-order valence-corrected chi connectivity index (χ3v) is 6.89. The minimum absolute atomic E-state index is 0.0236. The van der Waals surface area contributed by atoms with Crippen LogP contribution in [0.5, 0.6) is 0 Å². The number of nitrogens with one attached hydrogen (secondary N) is 1. The number of esters is 1. The number of methoxy groups -OCH3 is 1. The molecule has 2 rings (SSSR count). The molecular weight excluding hydrogens is 432 g/mol. The summed E-state index contributed by atoms with van der Waals surface area (Å²) >= 11 is 4.35. The van der Waals surface area contributed by atoms with Gasteiger partial charge in [0.25, 0.3) is 5.91 Å². The quantitative estimate of drug-likeness (QED) is 0.712. The van der Waals surface area contributed by atoms with Gasteiger partial charge in [0.05, 0.1) is 17.6 Å². The molecule has 0 radical (unpaired) electrons. The molecule has 0 aliphatic heterocycles. The highest BCUT2D eigenvalue weighted by atomic mass is 79.9. The summed E-state index contributed by atoms with van der Waals surface area (Å²) in [6, 6.07) is 5.79. The molecule has 0 atom stereocenters. The number of rotatable bonds is 5. The number of benzene rings is 1. The summed E-state index contributed by atoms with van der Waals surface area (Å²) in [6.07, 6.45) is 0. The summed E-state index contributed by atoms with van der Waals surface area (Å²) in [6.45, 7) is 0. The molecule has 7 nitrogen and oxygen atoms in total. The van der Waals surface area contributed by atoms with Gasteiger partial charge in [-0.3, -0.25) is 4.79 Å². The smallest absolute Gasteiger partial charge is 0.340 e. The van der Waals surface area contributed by atoms with Gasteiger partial charge in [-0.15, -0.1) is 11.3 Å². The van der Waals surface area contributed by atoms with E-state index in [1.165, 1.54) is 56.8 Å². The van der Waals surface area contributed by atoms with Crippen molar-refractivity contribution in [1.82, 2.24) is 4.31 Å². The van der Waals surface area contributed by atoms with Crippen LogP contribution in [0.1, 0.15) is 20.7 Å². The topological polar surface area (TPSA) is 92.8 Å². The van der Waals surface area contributed by atoms with Crippen LogP contribution >= 0.6 is 27.3 Å². The summed E-state index contributed by atoms with van der Waals surface area (Å²) in [4.78, 5) is 24.1. The van der Waals surface area contributed by atoms with E-state index >= 15 is 0 Å². The summed E-state index contributed by atoms with van der Waals surface area (Å²) in [5.41, 5.74) is 0.381. The predicted molar refractivity (Wildman–Crippen MR) is 98.6 cm³/mol. The molecular formula is C15H15BrN2O5S2. The van der Waals surface area contributed by atoms with Crippen LogP contribution < -0.4 is 5.32 Å². The Morgan fingerprint density at radius 3 is 2.52 bits per heavy atom. The third-order valence-electron chi connectivity index (χ3n) is 3.25. The maximum Gasteiger partial charge on any atom is 0.340 e. The molecule has 1 N–H and O–H groups in total. The van der Waals surface area contributed by atoms with Crippen LogP contribution in [0, 0.1) is 0 Å². The van der Waals surface area contributed by atoms with Gasteiger partial charge in [0.2, 0.25) is 10.0 Å². The van der Waals surface area contributed by atoms with Crippen LogP contribution in [0.3, 0.4) is 0 Å². The summed E-state index contributed by atoms with van der Waals surface area (Å²) in [5.74, 6) is -1.10. The first-order chi connectivity index (χ1) is 11.7. The fraction of sp³-hybridized carbons (Fsp3) is 0.200. The number of carbonyl (C=O) groups excluding carboxylic acids is 2. The van der Waals surface area contributed by atoms with Crippen molar-refractivity contribution >= 4 is 54.2 Å². The molecule has 134 valence electrons. The van der Waals surface area contributed by atoms with Gasteiger partial charge in [-0.05, 0) is 45.6 Å². The zero-order valence-electron chi connectivity index (χ0n) is 13.6. The van der Waals surface area contributed by atoms with Crippen molar-refractivity contribution in [3.63, 3.8) is 0 Å². The van der Waals surface area contributed by atoms with Crippen molar-refractivity contribution in [2.24, 2.45) is 0 Å². The van der Waals surface area contributed by atoms with E-state index in [1.54, 1.807) is 5.38 Å². The van der Waals surface area contributed by atoms with Crippen molar-refractivity contribution in [2.75, 3.05) is 26.5 Å². The van der Waals surface area contributed by atoms with Gasteiger partial charge in [0.15, 0.2) is 0 Å². The van der Waals surface area contributed by atoms with Crippen molar-refractivity contribution in [3.8, 4) is 0 Å². The predicted octanol–water partition coefficient (Wildman–Crippen LogP) is 2.80. The molecule has 0 saturated carbocycles. The van der Waals surface area contributed by atoms with Crippen LogP contribution in [0.4, 0.5) is 5.00 Å². The molecule has 25 heavy (non-hydrogen) atoms. The third kappa shape index (κ3) is 4.09. The molecule has 0 aliphatic carbocycles. The Kier molecular flexibility index (Phi) is 5.99. The van der Waals surface area contributed by atoms with E-state index < -0.39 is 21.9 Å². The highest BCUT2D eigenvalue weighted by Gasteiger charge is 2.23. The Balaban J connectivity index is 2.36. The normalized spacial score (nSPS) is 11.4. The van der Waals surface area contributed by atoms with Crippen LogP contribution in [0.2, 0.25) is 0 Å². The molecule has 0 unspecified atom stereocenters. The zero-order chi connectivity index (χ0) is 18.8. The lowest BCUT2D eigenvalue weighted by Gasteiger charge is -2.14. The van der Waals surface area contributed by atoms with Gasteiger partial charge in [-0.1, -0.05) is 0 Å². The first kappa shape index (κ1) is 19.6. The average molecular weight is 447 g/mol. The number of nitrogens with zero attached hydrogens (tertiary/aromatic N) is 1. The maximum atomic E-state index is 12.5. The number of carbonyl (C=O) groups is 2. The lowest BCUT2D eigenvalue weighted by atomic mass is 10.2. The maximum absolute atomic E-state index is 12.5. The molecule has 1 aromatic heterocycles. The fourth-order valence-corrected chi connectivity index (χ4v) is 4.51. The van der Waals surface area contributed by atoms with E-state index in [1.807, 2.05) is 0 Å². The molecule has 2 aromatic rings. The Morgan fingerprint density at radius 2 is 1.92 bits per heavy atom. The fourth-order valence-electron chi connectivity index (χ4n) is 1.89. The average Bonchev–Trinajstić information content (AvgIpc) is 3.02. The lowest BCUT2D eigenvalue weighted by molar-refractivity contribution is 0.0602. The first-order valence-corrected chi connectivity index (χ1v) is 9.99. The minimum atomic E-state index is -3.72. The van der Waals surface area contributed by atoms with Crippen molar-refractivity contribution in [3.05, 3.63) is 45.2 Å². The number of hydrogen-bond donors (Lipinski definition) is 1. The number of halogens is 1. The van der Waals surface area contributed by atoms with Gasteiger partial charge in [-0.25, -0.2) is 17.5 Å². The van der Waals surface area contributed by atoms with Gasteiger partial charge in [0.1, 0.15) is 5.00 Å². The van der Waals surface area contributed by atoms with Gasteiger partial charge in [-0.2, -0.15) is 0 Å². The number of anilines is 1. The number of ether oxygens (including phenoxy) is 1. The molecule has 10 heteroatoms. The number of thiophene rings is 1. The van der Waals surface area contributed by atoms with E-state index in [4.69, 9.17) is 0 Å². The summed E-state index contributed by atoms with van der Waals surface area (Å²) in [5, 5.41) is 4.58. The number of sulfonamides is 1. The number of hydrogen-bond acceptors (Lipinski definition) is 6. The summed E-state index contributed by atoms with van der Waals surface area (Å²) < 4.78 is 30.7. The van der Waals surface area contributed by atoms with Crippen LogP contribution in [-0.4, -0.2) is 45.8 Å². The number of amides is 1. The molecule has 1 amide bonds. The monoisotopic (exact) mass is 446 g/mol. The largest absolute Gasteiger partial charge is 0.465 e. The van der Waals surface area contributed by atoms with E-state index in [-0.39, 0.29) is 16.0 Å². The second-order valence-electron chi connectivity index (χ2n) is 5.04. The Bertz CT molecular complexity index is 922. The Hall–Kier alpha value is -1.75. The molecule has 1 aromatic carbocycles. The van der Waals surface area contributed by atoms with E-state index in [9.17, 15) is 18.0 Å². The Morgan fingerprint density at radius 1 is 1.24 bits per heavy atom. The summed E-state index contributed by atoms with van der Waals surface area (Å²) in [7, 11) is 0.344.